The predicted octanol–water partition coefficient (Wildman–Crippen LogP) is 4.00. The maximum Gasteiger partial charge on any atom is 0.320 e. The average molecular weight is 396 g/mol. The van der Waals surface area contributed by atoms with Crippen molar-refractivity contribution in [3.05, 3.63) is 36.5 Å². The molecule has 0 fully saturated rings. The van der Waals surface area contributed by atoms with Crippen LogP contribution in [0.5, 0.6) is 23.0 Å². The first-order valence-corrected chi connectivity index (χ1v) is 8.73. The topological polar surface area (TPSA) is 104 Å². The Labute approximate surface area is 166 Å². The fourth-order valence-corrected chi connectivity index (χ4v) is 3.06. The van der Waals surface area contributed by atoms with Gasteiger partial charge in [0.2, 0.25) is 5.75 Å². The smallest absolute Gasteiger partial charge is 0.320 e. The van der Waals surface area contributed by atoms with Crippen LogP contribution in [-0.2, 0) is 0 Å². The molecule has 9 heteroatoms. The summed E-state index contributed by atoms with van der Waals surface area (Å²) in [6.07, 6.45) is 1.82. The number of aromatic amines is 1. The van der Waals surface area contributed by atoms with Gasteiger partial charge in [0.05, 0.1) is 39.7 Å². The summed E-state index contributed by atoms with van der Waals surface area (Å²) in [5.74, 6) is 2.64. The highest BCUT2D eigenvalue weighted by molar-refractivity contribution is 5.94. The first-order valence-electron chi connectivity index (χ1n) is 8.73. The van der Waals surface area contributed by atoms with Gasteiger partial charge in [-0.1, -0.05) is 5.10 Å². The summed E-state index contributed by atoms with van der Waals surface area (Å²) in [5.41, 5.74) is 2.37. The predicted molar refractivity (Wildman–Crippen MR) is 108 cm³/mol. The molecule has 0 aliphatic heterocycles. The third-order valence-electron chi connectivity index (χ3n) is 4.46. The number of anilines is 2. The van der Waals surface area contributed by atoms with E-state index in [1.807, 2.05) is 24.4 Å². The molecule has 4 rings (SSSR count). The van der Waals surface area contributed by atoms with Gasteiger partial charge in [0.15, 0.2) is 11.5 Å². The van der Waals surface area contributed by atoms with Gasteiger partial charge in [-0.15, -0.1) is 5.10 Å². The van der Waals surface area contributed by atoms with Crippen LogP contribution in [0.1, 0.15) is 0 Å². The number of rotatable bonds is 7. The van der Waals surface area contributed by atoms with E-state index in [0.29, 0.717) is 28.8 Å². The van der Waals surface area contributed by atoms with Crippen molar-refractivity contribution in [1.29, 1.82) is 0 Å². The number of fused-ring (bicyclic) bond motifs is 1. The van der Waals surface area contributed by atoms with Crippen molar-refractivity contribution in [3.8, 4) is 34.5 Å². The van der Waals surface area contributed by atoms with E-state index in [1.54, 1.807) is 40.6 Å². The summed E-state index contributed by atoms with van der Waals surface area (Å²) in [6.45, 7) is 0. The lowest BCUT2D eigenvalue weighted by molar-refractivity contribution is 0.324. The average Bonchev–Trinajstić information content (AvgIpc) is 3.38. The molecular weight excluding hydrogens is 376 g/mol. The molecule has 0 atom stereocenters. The Bertz CT molecular complexity index is 1130. The highest BCUT2D eigenvalue weighted by Gasteiger charge is 2.17. The van der Waals surface area contributed by atoms with Crippen molar-refractivity contribution in [3.63, 3.8) is 0 Å². The van der Waals surface area contributed by atoms with Gasteiger partial charge in [0.25, 0.3) is 5.89 Å². The summed E-state index contributed by atoms with van der Waals surface area (Å²) in [4.78, 5) is 3.19. The minimum absolute atomic E-state index is 0.228. The molecule has 0 unspecified atom stereocenters. The maximum atomic E-state index is 5.81. The Hall–Kier alpha value is -3.88. The Kier molecular flexibility index (Phi) is 4.86. The van der Waals surface area contributed by atoms with E-state index < -0.39 is 0 Å². The quantitative estimate of drug-likeness (QED) is 0.483. The van der Waals surface area contributed by atoms with Crippen molar-refractivity contribution in [1.82, 2.24) is 15.2 Å². The number of hydrogen-bond acceptors (Lipinski definition) is 8. The number of ether oxygens (including phenoxy) is 4. The van der Waals surface area contributed by atoms with Crippen molar-refractivity contribution < 1.29 is 23.4 Å². The molecule has 0 saturated heterocycles. The van der Waals surface area contributed by atoms with Gasteiger partial charge >= 0.3 is 6.01 Å². The van der Waals surface area contributed by atoms with Crippen LogP contribution in [-0.4, -0.2) is 43.6 Å². The molecular formula is C20H20N4O5. The van der Waals surface area contributed by atoms with E-state index in [9.17, 15) is 0 Å². The van der Waals surface area contributed by atoms with Gasteiger partial charge in [-0.3, -0.25) is 0 Å². The van der Waals surface area contributed by atoms with Crippen LogP contribution >= 0.6 is 0 Å². The first kappa shape index (κ1) is 18.5. The number of hydrogen-bond donors (Lipinski definition) is 2. The fraction of sp³-hybridized carbons (Fsp3) is 0.200. The van der Waals surface area contributed by atoms with Gasteiger partial charge < -0.3 is 33.7 Å². The summed E-state index contributed by atoms with van der Waals surface area (Å²) in [7, 11) is 6.28. The van der Waals surface area contributed by atoms with E-state index >= 15 is 0 Å². The van der Waals surface area contributed by atoms with E-state index in [0.717, 1.165) is 22.2 Å². The molecule has 0 bridgehead atoms. The fourth-order valence-electron chi connectivity index (χ4n) is 3.06. The highest BCUT2D eigenvalue weighted by atomic mass is 16.5. The lowest BCUT2D eigenvalue weighted by atomic mass is 10.1. The van der Waals surface area contributed by atoms with E-state index in [4.69, 9.17) is 23.4 Å². The Balaban J connectivity index is 1.65. The summed E-state index contributed by atoms with van der Waals surface area (Å²) < 4.78 is 27.2. The Morgan fingerprint density at radius 3 is 2.31 bits per heavy atom. The molecule has 2 heterocycles. The molecule has 0 aliphatic rings. The number of H-pyrrole nitrogens is 1. The zero-order chi connectivity index (χ0) is 20.4. The molecule has 0 radical (unpaired) electrons. The first-order chi connectivity index (χ1) is 14.2. The molecule has 29 heavy (non-hydrogen) atoms. The maximum absolute atomic E-state index is 5.81. The number of benzene rings is 2. The molecule has 0 amide bonds. The molecule has 2 N–H and O–H groups in total. The second-order valence-electron chi connectivity index (χ2n) is 6.07. The van der Waals surface area contributed by atoms with Crippen LogP contribution in [0.3, 0.4) is 0 Å². The van der Waals surface area contributed by atoms with E-state index in [-0.39, 0.29) is 6.01 Å². The second-order valence-corrected chi connectivity index (χ2v) is 6.07. The highest BCUT2D eigenvalue weighted by Crippen LogP contribution is 2.40. The second kappa shape index (κ2) is 7.63. The van der Waals surface area contributed by atoms with Crippen molar-refractivity contribution in [2.24, 2.45) is 0 Å². The van der Waals surface area contributed by atoms with Crippen molar-refractivity contribution >= 4 is 22.6 Å². The molecule has 0 spiro atoms. The van der Waals surface area contributed by atoms with Crippen LogP contribution < -0.4 is 24.3 Å². The minimum Gasteiger partial charge on any atom is -0.497 e. The van der Waals surface area contributed by atoms with Gasteiger partial charge in [-0.25, -0.2) is 0 Å². The lowest BCUT2D eigenvalue weighted by Crippen LogP contribution is -1.98. The van der Waals surface area contributed by atoms with Crippen molar-refractivity contribution in [2.75, 3.05) is 33.8 Å². The van der Waals surface area contributed by atoms with Crippen molar-refractivity contribution in [2.45, 2.75) is 0 Å². The standard InChI is InChI=1S/C20H20N4O5/c1-25-12-5-6-15-13(9-12)14(10-21-15)19-23-24-20(29-19)22-11-7-16(26-2)18(28-4)17(8-11)27-3/h5-10,21H,1-4H3,(H,22,24). The molecule has 4 aromatic rings. The number of methoxy groups -OCH3 is 4. The third kappa shape index (κ3) is 3.38. The van der Waals surface area contributed by atoms with Gasteiger partial charge in [0, 0.05) is 29.2 Å². The minimum atomic E-state index is 0.228. The van der Waals surface area contributed by atoms with E-state index in [1.165, 1.54) is 0 Å². The van der Waals surface area contributed by atoms with Gasteiger partial charge in [0.1, 0.15) is 5.75 Å². The SMILES string of the molecule is COc1ccc2[nH]cc(-c3nnc(Nc4cc(OC)c(OC)c(OC)c4)o3)c2c1. The molecule has 2 aromatic heterocycles. The molecule has 0 saturated carbocycles. The van der Waals surface area contributed by atoms with Gasteiger partial charge in [-0.2, -0.15) is 0 Å². The van der Waals surface area contributed by atoms with Crippen LogP contribution in [0.2, 0.25) is 0 Å². The van der Waals surface area contributed by atoms with Crippen LogP contribution in [0.15, 0.2) is 40.9 Å². The Morgan fingerprint density at radius 1 is 0.897 bits per heavy atom. The largest absolute Gasteiger partial charge is 0.497 e. The zero-order valence-electron chi connectivity index (χ0n) is 16.4. The Morgan fingerprint density at radius 2 is 1.66 bits per heavy atom. The number of nitrogens with zero attached hydrogens (tertiary/aromatic N) is 2. The number of aromatic nitrogens is 3. The summed E-state index contributed by atoms with van der Waals surface area (Å²) in [6, 6.07) is 9.46. The normalized spacial score (nSPS) is 10.8. The molecule has 2 aromatic carbocycles. The summed E-state index contributed by atoms with van der Waals surface area (Å²) >= 11 is 0. The van der Waals surface area contributed by atoms with E-state index in [2.05, 4.69) is 20.5 Å². The zero-order valence-corrected chi connectivity index (χ0v) is 16.4. The molecule has 0 aliphatic carbocycles. The van der Waals surface area contributed by atoms with Crippen LogP contribution in [0.25, 0.3) is 22.4 Å². The number of nitrogens with one attached hydrogen (secondary N) is 2. The molecule has 150 valence electrons. The monoisotopic (exact) mass is 396 g/mol. The van der Waals surface area contributed by atoms with Crippen LogP contribution in [0, 0.1) is 0 Å². The summed E-state index contributed by atoms with van der Waals surface area (Å²) in [5, 5.41) is 12.2. The van der Waals surface area contributed by atoms with Gasteiger partial charge in [-0.05, 0) is 18.2 Å². The van der Waals surface area contributed by atoms with Crippen LogP contribution in [0.4, 0.5) is 11.7 Å². The molecule has 9 nitrogen and oxygen atoms in total. The third-order valence-corrected chi connectivity index (χ3v) is 4.46. The lowest BCUT2D eigenvalue weighted by Gasteiger charge is -2.13.